The highest BCUT2D eigenvalue weighted by molar-refractivity contribution is 6.35. The van der Waals surface area contributed by atoms with Gasteiger partial charge in [-0.05, 0) is 51.1 Å². The number of carbonyl (C=O) groups excluding carboxylic acids is 2. The number of nitrogens with one attached hydrogen (secondary N) is 1. The normalized spacial score (nSPS) is 11.2. The van der Waals surface area contributed by atoms with Crippen LogP contribution in [0.4, 0.5) is 4.79 Å². The van der Waals surface area contributed by atoms with Gasteiger partial charge in [-0.2, -0.15) is 0 Å². The summed E-state index contributed by atoms with van der Waals surface area (Å²) in [7, 11) is 0. The van der Waals surface area contributed by atoms with Crippen LogP contribution < -0.4 is 5.43 Å². The first-order valence-corrected chi connectivity index (χ1v) is 7.69. The van der Waals surface area contributed by atoms with Gasteiger partial charge in [-0.1, -0.05) is 23.2 Å². The van der Waals surface area contributed by atoms with Gasteiger partial charge in [-0.15, -0.1) is 0 Å². The fourth-order valence-electron chi connectivity index (χ4n) is 1.95. The second kappa shape index (κ2) is 6.64. The van der Waals surface area contributed by atoms with Crippen LogP contribution in [0.1, 0.15) is 31.1 Å². The van der Waals surface area contributed by atoms with Gasteiger partial charge in [-0.3, -0.25) is 9.36 Å². The van der Waals surface area contributed by atoms with Crippen LogP contribution >= 0.6 is 23.2 Å². The van der Waals surface area contributed by atoms with Gasteiger partial charge in [0.2, 0.25) is 0 Å². The fourth-order valence-corrected chi connectivity index (χ4v) is 2.48. The number of carbonyl (C=O) groups is 2. The molecular weight excluding hydrogens is 337 g/mol. The Morgan fingerprint density at radius 2 is 1.57 bits per heavy atom. The predicted octanol–water partition coefficient (Wildman–Crippen LogP) is 4.21. The third-order valence-corrected chi connectivity index (χ3v) is 3.47. The van der Waals surface area contributed by atoms with E-state index >= 15 is 0 Å². The molecular formula is C16H17Cl2N3O2. The first-order chi connectivity index (χ1) is 10.7. The highest BCUT2D eigenvalue weighted by Gasteiger charge is 2.30. The highest BCUT2D eigenvalue weighted by atomic mass is 35.5. The van der Waals surface area contributed by atoms with Crippen LogP contribution in [0.15, 0.2) is 42.7 Å². The average Bonchev–Trinajstić information content (AvgIpc) is 2.95. The van der Waals surface area contributed by atoms with E-state index in [-0.39, 0.29) is 0 Å². The second-order valence-corrected chi connectivity index (χ2v) is 6.85. The van der Waals surface area contributed by atoms with E-state index in [1.165, 1.54) is 21.7 Å². The Morgan fingerprint density at radius 3 is 2.04 bits per heavy atom. The van der Waals surface area contributed by atoms with Gasteiger partial charge in [0.25, 0.3) is 5.91 Å². The number of hydrogen-bond acceptors (Lipinski definition) is 2. The molecule has 0 bridgehead atoms. The van der Waals surface area contributed by atoms with Crippen molar-refractivity contribution in [1.29, 1.82) is 0 Å². The lowest BCUT2D eigenvalue weighted by Gasteiger charge is -2.35. The summed E-state index contributed by atoms with van der Waals surface area (Å²) in [6.07, 6.45) is 3.19. The molecule has 0 spiro atoms. The average molecular weight is 354 g/mol. The van der Waals surface area contributed by atoms with Gasteiger partial charge >= 0.3 is 6.03 Å². The molecule has 5 nitrogen and oxygen atoms in total. The van der Waals surface area contributed by atoms with Gasteiger partial charge in [0, 0.05) is 28.0 Å². The molecule has 1 aromatic heterocycles. The van der Waals surface area contributed by atoms with Crippen molar-refractivity contribution < 1.29 is 9.59 Å². The van der Waals surface area contributed by atoms with Crippen molar-refractivity contribution in [3.63, 3.8) is 0 Å². The molecule has 0 fully saturated rings. The van der Waals surface area contributed by atoms with E-state index in [1.54, 1.807) is 30.6 Å². The summed E-state index contributed by atoms with van der Waals surface area (Å²) >= 11 is 11.9. The molecule has 1 aromatic carbocycles. The molecule has 2 aromatic rings. The highest BCUT2D eigenvalue weighted by Crippen LogP contribution is 2.22. The summed E-state index contributed by atoms with van der Waals surface area (Å²) in [5, 5.41) is 1.97. The van der Waals surface area contributed by atoms with Crippen LogP contribution in [-0.2, 0) is 0 Å². The first-order valence-electron chi connectivity index (χ1n) is 6.93. The Kier molecular flexibility index (Phi) is 5.02. The van der Waals surface area contributed by atoms with E-state index < -0.39 is 17.5 Å². The summed E-state index contributed by atoms with van der Waals surface area (Å²) in [5.74, 6) is -0.401. The van der Waals surface area contributed by atoms with Gasteiger partial charge in [0.15, 0.2) is 0 Å². The van der Waals surface area contributed by atoms with Crippen LogP contribution in [0.2, 0.25) is 10.0 Å². The minimum atomic E-state index is -0.644. The fraction of sp³-hybridized carbons (Fsp3) is 0.250. The smallest absolute Gasteiger partial charge is 0.275 e. The third kappa shape index (κ3) is 4.27. The molecule has 0 aliphatic rings. The minimum absolute atomic E-state index is 0.297. The minimum Gasteiger partial charge on any atom is -0.275 e. The van der Waals surface area contributed by atoms with E-state index in [0.717, 1.165) is 0 Å². The number of hydrazine groups is 1. The van der Waals surface area contributed by atoms with Crippen molar-refractivity contribution in [2.75, 3.05) is 0 Å². The number of halogens is 2. The summed E-state index contributed by atoms with van der Waals surface area (Å²) in [4.78, 5) is 25.0. The van der Waals surface area contributed by atoms with E-state index in [0.29, 0.717) is 15.6 Å². The van der Waals surface area contributed by atoms with E-state index in [4.69, 9.17) is 23.2 Å². The molecule has 0 aliphatic heterocycles. The molecule has 0 aliphatic carbocycles. The summed E-state index contributed by atoms with van der Waals surface area (Å²) in [5.41, 5.74) is 2.27. The maximum atomic E-state index is 12.8. The number of benzene rings is 1. The van der Waals surface area contributed by atoms with Crippen molar-refractivity contribution in [2.24, 2.45) is 0 Å². The van der Waals surface area contributed by atoms with Gasteiger partial charge < -0.3 is 0 Å². The van der Waals surface area contributed by atoms with E-state index in [2.05, 4.69) is 5.43 Å². The zero-order valence-electron chi connectivity index (χ0n) is 13.0. The maximum absolute atomic E-state index is 12.8. The number of rotatable bonds is 1. The lowest BCUT2D eigenvalue weighted by molar-refractivity contribution is 0.0451. The first kappa shape index (κ1) is 17.4. The van der Waals surface area contributed by atoms with Crippen molar-refractivity contribution in [1.82, 2.24) is 15.0 Å². The zero-order chi connectivity index (χ0) is 17.2. The molecule has 0 radical (unpaired) electrons. The van der Waals surface area contributed by atoms with Crippen LogP contribution in [0, 0.1) is 0 Å². The third-order valence-electron chi connectivity index (χ3n) is 3.03. The number of amides is 2. The van der Waals surface area contributed by atoms with Gasteiger partial charge in [-0.25, -0.2) is 15.2 Å². The Labute approximate surface area is 144 Å². The SMILES string of the molecule is CC(C)(C)N(NC(=O)n1cccc1)C(=O)c1cc(Cl)cc(Cl)c1. The summed E-state index contributed by atoms with van der Waals surface area (Å²) < 4.78 is 1.34. The monoisotopic (exact) mass is 353 g/mol. The van der Waals surface area contributed by atoms with E-state index in [1.807, 2.05) is 20.8 Å². The maximum Gasteiger partial charge on any atom is 0.344 e. The quantitative estimate of drug-likeness (QED) is 0.780. The largest absolute Gasteiger partial charge is 0.344 e. The van der Waals surface area contributed by atoms with Crippen LogP contribution in [-0.4, -0.2) is 27.1 Å². The van der Waals surface area contributed by atoms with Crippen LogP contribution in [0.3, 0.4) is 0 Å². The molecule has 2 amide bonds. The molecule has 0 unspecified atom stereocenters. The molecule has 7 heteroatoms. The lowest BCUT2D eigenvalue weighted by atomic mass is 10.1. The molecule has 1 heterocycles. The predicted molar refractivity (Wildman–Crippen MR) is 90.7 cm³/mol. The van der Waals surface area contributed by atoms with Crippen molar-refractivity contribution in [3.05, 3.63) is 58.3 Å². The molecule has 23 heavy (non-hydrogen) atoms. The molecule has 0 saturated heterocycles. The molecule has 0 atom stereocenters. The van der Waals surface area contributed by atoms with Gasteiger partial charge in [0.05, 0.1) is 5.54 Å². The Morgan fingerprint density at radius 1 is 1.04 bits per heavy atom. The van der Waals surface area contributed by atoms with Crippen LogP contribution in [0.25, 0.3) is 0 Å². The second-order valence-electron chi connectivity index (χ2n) is 5.98. The molecule has 2 rings (SSSR count). The lowest BCUT2D eigenvalue weighted by Crippen LogP contribution is -2.56. The van der Waals surface area contributed by atoms with Crippen molar-refractivity contribution >= 4 is 35.1 Å². The van der Waals surface area contributed by atoms with Crippen molar-refractivity contribution in [2.45, 2.75) is 26.3 Å². The standard InChI is InChI=1S/C16H17Cl2N3O2/c1-16(2,3)21(19-15(23)20-6-4-5-7-20)14(22)11-8-12(17)10-13(18)9-11/h4-10H,1-3H3,(H,19,23). The Hall–Kier alpha value is -1.98. The zero-order valence-corrected chi connectivity index (χ0v) is 14.5. The summed E-state index contributed by atoms with van der Waals surface area (Å²) in [6.45, 7) is 5.44. The molecule has 1 N–H and O–H groups in total. The topological polar surface area (TPSA) is 54.3 Å². The Balaban J connectivity index is 2.31. The van der Waals surface area contributed by atoms with Crippen molar-refractivity contribution in [3.8, 4) is 0 Å². The molecule has 0 saturated carbocycles. The summed E-state index contributed by atoms with van der Waals surface area (Å²) in [6, 6.07) is 7.57. The Bertz CT molecular complexity index is 701. The number of nitrogens with zero attached hydrogens (tertiary/aromatic N) is 2. The molecule has 122 valence electrons. The number of hydrogen-bond donors (Lipinski definition) is 1. The number of aromatic nitrogens is 1. The van der Waals surface area contributed by atoms with E-state index in [9.17, 15) is 9.59 Å². The van der Waals surface area contributed by atoms with Gasteiger partial charge in [0.1, 0.15) is 0 Å². The van der Waals surface area contributed by atoms with Crippen LogP contribution in [0.5, 0.6) is 0 Å².